The summed E-state index contributed by atoms with van der Waals surface area (Å²) in [6.45, 7) is 18.4. The van der Waals surface area contributed by atoms with Gasteiger partial charge in [-0.25, -0.2) is 0 Å². The fourth-order valence-electron chi connectivity index (χ4n) is 7.67. The number of nitrogens with zero attached hydrogens (tertiary/aromatic N) is 6. The molecule has 0 amide bonds. The van der Waals surface area contributed by atoms with Crippen molar-refractivity contribution in [2.24, 2.45) is 10.8 Å². The van der Waals surface area contributed by atoms with Crippen molar-refractivity contribution in [2.45, 2.75) is 67.5 Å². The second-order valence-corrected chi connectivity index (χ2v) is 21.4. The summed E-state index contributed by atoms with van der Waals surface area (Å²) in [6, 6.07) is 27.1. The van der Waals surface area contributed by atoms with Crippen LogP contribution in [0.1, 0.15) is 52.9 Å². The van der Waals surface area contributed by atoms with Crippen molar-refractivity contribution in [1.29, 1.82) is 0 Å². The van der Waals surface area contributed by atoms with Crippen LogP contribution in [0.5, 0.6) is 0 Å². The lowest BCUT2D eigenvalue weighted by Gasteiger charge is -2.24. The largest absolute Gasteiger partial charge is 0.306 e. The first-order valence-corrected chi connectivity index (χ1v) is 20.9. The smallest absolute Gasteiger partial charge is 0.112 e. The molecule has 6 heterocycles. The fraction of sp³-hybridized carbons (Fsp3) is 0.273. The SMILES string of the molecule is CC(C)(C)Cc1cc2c3ccncc3n(-c3ccc([Si](C)(C)c4ccc(-n5c6cnccc6c6cc(CC(C)(C)C)ncc65)cc4)cc3)c2cn1. The lowest BCUT2D eigenvalue weighted by Crippen LogP contribution is -2.52. The topological polar surface area (TPSA) is 61.4 Å². The summed E-state index contributed by atoms with van der Waals surface area (Å²) in [5.74, 6) is 0. The van der Waals surface area contributed by atoms with E-state index in [1.807, 2.05) is 37.2 Å². The Bertz CT molecular complexity index is 2380. The van der Waals surface area contributed by atoms with Crippen molar-refractivity contribution >= 4 is 62.1 Å². The number of hydrogen-bond acceptors (Lipinski definition) is 4. The third-order valence-electron chi connectivity index (χ3n) is 10.1. The predicted octanol–water partition coefficient (Wildman–Crippen LogP) is 9.46. The van der Waals surface area contributed by atoms with Crippen LogP contribution in [0.2, 0.25) is 13.1 Å². The van der Waals surface area contributed by atoms with Gasteiger partial charge in [0.1, 0.15) is 8.07 Å². The van der Waals surface area contributed by atoms with Crippen LogP contribution in [0.4, 0.5) is 0 Å². The molecular weight excluding hydrogens is 641 g/mol. The highest BCUT2D eigenvalue weighted by Crippen LogP contribution is 2.34. The summed E-state index contributed by atoms with van der Waals surface area (Å²) < 4.78 is 4.61. The predicted molar refractivity (Wildman–Crippen MR) is 216 cm³/mol. The van der Waals surface area contributed by atoms with Gasteiger partial charge in [-0.05, 0) is 72.2 Å². The van der Waals surface area contributed by atoms with Crippen LogP contribution in [-0.2, 0) is 12.8 Å². The monoisotopic (exact) mass is 686 g/mol. The molecule has 0 atom stereocenters. The van der Waals surface area contributed by atoms with Crippen molar-refractivity contribution in [3.8, 4) is 11.4 Å². The van der Waals surface area contributed by atoms with E-state index in [1.54, 1.807) is 0 Å². The molecule has 0 aliphatic rings. The summed E-state index contributed by atoms with van der Waals surface area (Å²) >= 11 is 0. The van der Waals surface area contributed by atoms with Gasteiger partial charge in [-0.15, -0.1) is 0 Å². The molecule has 2 aromatic carbocycles. The first-order chi connectivity index (χ1) is 24.3. The van der Waals surface area contributed by atoms with E-state index in [0.717, 1.165) is 57.7 Å². The van der Waals surface area contributed by atoms with Crippen LogP contribution in [0.3, 0.4) is 0 Å². The van der Waals surface area contributed by atoms with E-state index in [9.17, 15) is 0 Å². The first kappa shape index (κ1) is 33.0. The summed E-state index contributed by atoms with van der Waals surface area (Å²) in [5.41, 5.74) is 9.24. The lowest BCUT2D eigenvalue weighted by molar-refractivity contribution is 0.406. The Hall–Kier alpha value is -5.14. The van der Waals surface area contributed by atoms with Crippen molar-refractivity contribution in [1.82, 2.24) is 29.1 Å². The van der Waals surface area contributed by atoms with Gasteiger partial charge >= 0.3 is 0 Å². The molecule has 0 N–H and O–H groups in total. The molecular formula is C44H46N6Si. The van der Waals surface area contributed by atoms with Crippen molar-refractivity contribution in [2.75, 3.05) is 0 Å². The van der Waals surface area contributed by atoms with Gasteiger partial charge in [0, 0.05) is 56.7 Å². The summed E-state index contributed by atoms with van der Waals surface area (Å²) in [4.78, 5) is 18.8. The number of rotatable bonds is 6. The highest BCUT2D eigenvalue weighted by molar-refractivity contribution is 7.00. The first-order valence-electron chi connectivity index (χ1n) is 17.9. The van der Waals surface area contributed by atoms with Gasteiger partial charge in [-0.2, -0.15) is 0 Å². The van der Waals surface area contributed by atoms with E-state index in [-0.39, 0.29) is 10.8 Å². The highest BCUT2D eigenvalue weighted by atomic mass is 28.3. The third kappa shape index (κ3) is 6.03. The van der Waals surface area contributed by atoms with Gasteiger partial charge in [0.2, 0.25) is 0 Å². The Balaban J connectivity index is 1.13. The standard InChI is InChI=1S/C44H46N6Si/c1-43(2,3)23-29-21-37-35-17-19-45-25-39(35)49(41(37)27-47-29)31-9-13-33(14-10-31)51(7,8)34-15-11-32(12-16-34)50-40-26-46-20-18-36(40)38-22-30(24-44(4,5)6)48-28-42(38)50/h9-22,25-28H,23-24H2,1-8H3. The fourth-order valence-corrected chi connectivity index (χ4v) is 10.0. The maximum atomic E-state index is 4.90. The molecule has 7 heteroatoms. The molecule has 0 unspecified atom stereocenters. The number of aromatic nitrogens is 6. The Morgan fingerprint density at radius 3 is 1.24 bits per heavy atom. The molecule has 51 heavy (non-hydrogen) atoms. The highest BCUT2D eigenvalue weighted by Gasteiger charge is 2.27. The van der Waals surface area contributed by atoms with E-state index in [0.29, 0.717) is 0 Å². The van der Waals surface area contributed by atoms with Crippen molar-refractivity contribution in [3.63, 3.8) is 0 Å². The molecule has 256 valence electrons. The molecule has 6 nitrogen and oxygen atoms in total. The van der Waals surface area contributed by atoms with Crippen LogP contribution in [-0.4, -0.2) is 37.1 Å². The van der Waals surface area contributed by atoms with Crippen molar-refractivity contribution < 1.29 is 0 Å². The Kier molecular flexibility index (Phi) is 7.76. The Morgan fingerprint density at radius 2 is 0.863 bits per heavy atom. The third-order valence-corrected chi connectivity index (χ3v) is 13.7. The average Bonchev–Trinajstić information content (AvgIpc) is 3.59. The number of pyridine rings is 4. The molecule has 0 saturated carbocycles. The zero-order valence-corrected chi connectivity index (χ0v) is 32.0. The van der Waals surface area contributed by atoms with Gasteiger partial charge in [0.15, 0.2) is 0 Å². The van der Waals surface area contributed by atoms with E-state index in [4.69, 9.17) is 9.97 Å². The van der Waals surface area contributed by atoms with Gasteiger partial charge in [0.25, 0.3) is 0 Å². The second kappa shape index (κ2) is 12.0. The minimum atomic E-state index is -2.01. The van der Waals surface area contributed by atoms with Crippen LogP contribution in [0.25, 0.3) is 55.0 Å². The zero-order valence-electron chi connectivity index (χ0n) is 31.0. The van der Waals surface area contributed by atoms with E-state index < -0.39 is 8.07 Å². The molecule has 0 radical (unpaired) electrons. The molecule has 8 rings (SSSR count). The molecule has 0 saturated heterocycles. The van der Waals surface area contributed by atoms with E-state index in [2.05, 4.69) is 147 Å². The van der Waals surface area contributed by atoms with E-state index in [1.165, 1.54) is 31.9 Å². The average molecular weight is 687 g/mol. The molecule has 0 fully saturated rings. The van der Waals surface area contributed by atoms with Crippen LogP contribution in [0.15, 0.2) is 110 Å². The van der Waals surface area contributed by atoms with Gasteiger partial charge in [-0.3, -0.25) is 19.9 Å². The second-order valence-electron chi connectivity index (χ2n) is 17.0. The van der Waals surface area contributed by atoms with Crippen LogP contribution in [0, 0.1) is 10.8 Å². The van der Waals surface area contributed by atoms with Crippen molar-refractivity contribution in [3.05, 3.63) is 121 Å². The molecule has 0 bridgehead atoms. The van der Waals surface area contributed by atoms with Crippen LogP contribution >= 0.6 is 0 Å². The molecule has 0 spiro atoms. The summed E-state index contributed by atoms with van der Waals surface area (Å²) in [7, 11) is -2.01. The molecule has 0 aliphatic carbocycles. The maximum absolute atomic E-state index is 4.90. The number of benzene rings is 2. The summed E-state index contributed by atoms with van der Waals surface area (Å²) in [5, 5.41) is 7.63. The number of fused-ring (bicyclic) bond motifs is 6. The quantitative estimate of drug-likeness (QED) is 0.164. The van der Waals surface area contributed by atoms with Gasteiger partial charge < -0.3 is 9.13 Å². The minimum absolute atomic E-state index is 0.170. The molecule has 0 aliphatic heterocycles. The molecule has 8 aromatic rings. The van der Waals surface area contributed by atoms with Gasteiger partial charge in [0.05, 0.1) is 46.9 Å². The minimum Gasteiger partial charge on any atom is -0.306 e. The van der Waals surface area contributed by atoms with Crippen LogP contribution < -0.4 is 10.4 Å². The maximum Gasteiger partial charge on any atom is 0.112 e. The summed E-state index contributed by atoms with van der Waals surface area (Å²) in [6.07, 6.45) is 13.7. The number of hydrogen-bond donors (Lipinski definition) is 0. The molecule has 6 aromatic heterocycles. The van der Waals surface area contributed by atoms with E-state index >= 15 is 0 Å². The zero-order chi connectivity index (χ0) is 35.7. The lowest BCUT2D eigenvalue weighted by atomic mass is 9.90. The normalized spacial score (nSPS) is 12.9. The Labute approximate surface area is 301 Å². The van der Waals surface area contributed by atoms with Gasteiger partial charge in [-0.1, -0.05) is 89.3 Å². The Morgan fingerprint density at radius 1 is 0.490 bits per heavy atom.